The molecule has 0 saturated carbocycles. The lowest BCUT2D eigenvalue weighted by molar-refractivity contribution is -0.119. The summed E-state index contributed by atoms with van der Waals surface area (Å²) in [6.07, 6.45) is 0.148. The number of primary amides is 1. The number of hydrogen-bond acceptors (Lipinski definition) is 2. The summed E-state index contributed by atoms with van der Waals surface area (Å²) in [5.41, 5.74) is 5.00. The SMILES string of the molecule is C=C(Br)C[C@H](NC(=O)c1ccccc1F)C(N)=O. The van der Waals surface area contributed by atoms with E-state index in [0.717, 1.165) is 6.07 Å². The summed E-state index contributed by atoms with van der Waals surface area (Å²) in [6.45, 7) is 3.56. The minimum atomic E-state index is -0.927. The van der Waals surface area contributed by atoms with Gasteiger partial charge in [0.1, 0.15) is 11.9 Å². The monoisotopic (exact) mass is 314 g/mol. The fourth-order valence-electron chi connectivity index (χ4n) is 1.33. The zero-order valence-corrected chi connectivity index (χ0v) is 11.0. The molecule has 6 heteroatoms. The maximum absolute atomic E-state index is 13.4. The Bertz CT molecular complexity index is 491. The van der Waals surface area contributed by atoms with Gasteiger partial charge in [-0.15, -0.1) is 0 Å². The maximum atomic E-state index is 13.4. The van der Waals surface area contributed by atoms with Crippen molar-refractivity contribution in [3.63, 3.8) is 0 Å². The molecule has 0 aliphatic rings. The molecule has 96 valence electrons. The average Bonchev–Trinajstić information content (AvgIpc) is 2.27. The van der Waals surface area contributed by atoms with Gasteiger partial charge in [-0.25, -0.2) is 4.39 Å². The molecule has 0 fully saturated rings. The number of halogens is 2. The molecule has 3 N–H and O–H groups in total. The van der Waals surface area contributed by atoms with E-state index in [-0.39, 0.29) is 12.0 Å². The average molecular weight is 315 g/mol. The van der Waals surface area contributed by atoms with Crippen LogP contribution in [0.1, 0.15) is 16.8 Å². The zero-order valence-electron chi connectivity index (χ0n) is 9.45. The Morgan fingerprint density at radius 2 is 2.06 bits per heavy atom. The molecule has 0 saturated heterocycles. The van der Waals surface area contributed by atoms with Crippen molar-refractivity contribution >= 4 is 27.7 Å². The number of amides is 2. The number of nitrogens with one attached hydrogen (secondary N) is 1. The highest BCUT2D eigenvalue weighted by Crippen LogP contribution is 2.11. The van der Waals surface area contributed by atoms with Crippen molar-refractivity contribution in [1.82, 2.24) is 5.32 Å². The van der Waals surface area contributed by atoms with Gasteiger partial charge in [0.15, 0.2) is 0 Å². The van der Waals surface area contributed by atoms with E-state index < -0.39 is 23.7 Å². The number of rotatable bonds is 5. The van der Waals surface area contributed by atoms with Gasteiger partial charge in [-0.1, -0.05) is 34.6 Å². The van der Waals surface area contributed by atoms with E-state index in [1.807, 2.05) is 0 Å². The van der Waals surface area contributed by atoms with Crippen molar-refractivity contribution < 1.29 is 14.0 Å². The molecule has 2 amide bonds. The molecule has 18 heavy (non-hydrogen) atoms. The van der Waals surface area contributed by atoms with E-state index in [1.165, 1.54) is 18.2 Å². The first-order valence-electron chi connectivity index (χ1n) is 5.09. The van der Waals surface area contributed by atoms with Crippen molar-refractivity contribution in [3.05, 3.63) is 46.7 Å². The van der Waals surface area contributed by atoms with Crippen LogP contribution in [0.15, 0.2) is 35.3 Å². The highest BCUT2D eigenvalue weighted by molar-refractivity contribution is 9.11. The molecule has 0 radical (unpaired) electrons. The Morgan fingerprint density at radius 1 is 1.44 bits per heavy atom. The molecule has 0 aliphatic heterocycles. The van der Waals surface area contributed by atoms with Crippen molar-refractivity contribution in [1.29, 1.82) is 0 Å². The van der Waals surface area contributed by atoms with Crippen LogP contribution in [0.5, 0.6) is 0 Å². The summed E-state index contributed by atoms with van der Waals surface area (Å²) in [7, 11) is 0. The Kier molecular flexibility index (Phi) is 5.03. The molecule has 0 spiro atoms. The maximum Gasteiger partial charge on any atom is 0.254 e. The third kappa shape index (κ3) is 3.96. The van der Waals surface area contributed by atoms with Crippen molar-refractivity contribution in [2.24, 2.45) is 5.73 Å². The van der Waals surface area contributed by atoms with Crippen LogP contribution in [-0.2, 0) is 4.79 Å². The number of nitrogens with two attached hydrogens (primary N) is 1. The summed E-state index contributed by atoms with van der Waals surface area (Å²) in [6, 6.07) is 4.56. The van der Waals surface area contributed by atoms with Crippen molar-refractivity contribution in [2.45, 2.75) is 12.5 Å². The van der Waals surface area contributed by atoms with Gasteiger partial charge in [0.05, 0.1) is 5.56 Å². The Balaban J connectivity index is 2.82. The van der Waals surface area contributed by atoms with Gasteiger partial charge in [0.25, 0.3) is 5.91 Å². The quantitative estimate of drug-likeness (QED) is 0.868. The van der Waals surface area contributed by atoms with E-state index in [2.05, 4.69) is 27.8 Å². The molecule has 0 unspecified atom stereocenters. The molecule has 0 heterocycles. The third-order valence-corrected chi connectivity index (χ3v) is 2.52. The van der Waals surface area contributed by atoms with Gasteiger partial charge < -0.3 is 11.1 Å². The molecule has 0 aliphatic carbocycles. The lowest BCUT2D eigenvalue weighted by atomic mass is 10.1. The molecule has 4 nitrogen and oxygen atoms in total. The Hall–Kier alpha value is -1.69. The first-order valence-corrected chi connectivity index (χ1v) is 5.89. The molecular formula is C12H12BrFN2O2. The molecule has 1 rings (SSSR count). The second-order valence-corrected chi connectivity index (χ2v) is 4.75. The largest absolute Gasteiger partial charge is 0.368 e. The van der Waals surface area contributed by atoms with Crippen molar-refractivity contribution in [2.75, 3.05) is 0 Å². The van der Waals surface area contributed by atoms with Gasteiger partial charge in [-0.05, 0) is 16.6 Å². The summed E-state index contributed by atoms with van der Waals surface area (Å²) < 4.78 is 13.9. The minimum absolute atomic E-state index is 0.135. The number of carbonyl (C=O) groups excluding carboxylic acids is 2. The highest BCUT2D eigenvalue weighted by atomic mass is 79.9. The molecular weight excluding hydrogens is 303 g/mol. The first kappa shape index (κ1) is 14.4. The number of hydrogen-bond donors (Lipinski definition) is 2. The fourth-order valence-corrected chi connectivity index (χ4v) is 1.65. The predicted molar refractivity (Wildman–Crippen MR) is 69.5 cm³/mol. The second kappa shape index (κ2) is 6.30. The molecule has 0 bridgehead atoms. The predicted octanol–water partition coefficient (Wildman–Crippen LogP) is 1.71. The van der Waals surface area contributed by atoms with E-state index in [4.69, 9.17) is 5.73 Å². The summed E-state index contributed by atoms with van der Waals surface area (Å²) in [5, 5.41) is 2.36. The van der Waals surface area contributed by atoms with Crippen LogP contribution in [0.4, 0.5) is 4.39 Å². The topological polar surface area (TPSA) is 72.2 Å². The fraction of sp³-hybridized carbons (Fsp3) is 0.167. The standard InChI is InChI=1S/C12H12BrFN2O2/c1-7(13)6-10(11(15)17)16-12(18)8-4-2-3-5-9(8)14/h2-5,10H,1,6H2,(H2,15,17)(H,16,18)/t10-/m0/s1. The minimum Gasteiger partial charge on any atom is -0.368 e. The van der Waals surface area contributed by atoms with Gasteiger partial charge in [-0.2, -0.15) is 0 Å². The van der Waals surface area contributed by atoms with Crippen LogP contribution in [0.25, 0.3) is 0 Å². The Labute approximate surface area is 112 Å². The Morgan fingerprint density at radius 3 is 2.56 bits per heavy atom. The van der Waals surface area contributed by atoms with Gasteiger partial charge in [0, 0.05) is 6.42 Å². The number of benzene rings is 1. The van der Waals surface area contributed by atoms with E-state index in [1.54, 1.807) is 0 Å². The van der Waals surface area contributed by atoms with Crippen LogP contribution in [0.3, 0.4) is 0 Å². The lowest BCUT2D eigenvalue weighted by Crippen LogP contribution is -2.44. The van der Waals surface area contributed by atoms with Crippen LogP contribution in [0.2, 0.25) is 0 Å². The van der Waals surface area contributed by atoms with Crippen LogP contribution >= 0.6 is 15.9 Å². The smallest absolute Gasteiger partial charge is 0.254 e. The lowest BCUT2D eigenvalue weighted by Gasteiger charge is -2.15. The third-order valence-electron chi connectivity index (χ3n) is 2.19. The van der Waals surface area contributed by atoms with Crippen LogP contribution in [-0.4, -0.2) is 17.9 Å². The van der Waals surface area contributed by atoms with E-state index >= 15 is 0 Å². The molecule has 0 aromatic heterocycles. The summed E-state index contributed by atoms with van der Waals surface area (Å²) >= 11 is 3.08. The molecule has 1 aromatic rings. The number of carbonyl (C=O) groups is 2. The zero-order chi connectivity index (χ0) is 13.7. The van der Waals surface area contributed by atoms with Crippen molar-refractivity contribution in [3.8, 4) is 0 Å². The summed E-state index contributed by atoms with van der Waals surface area (Å²) in [4.78, 5) is 22.9. The van der Waals surface area contributed by atoms with Crippen LogP contribution < -0.4 is 11.1 Å². The first-order chi connectivity index (χ1) is 8.41. The normalized spacial score (nSPS) is 11.7. The molecule has 1 aromatic carbocycles. The van der Waals surface area contributed by atoms with Gasteiger partial charge in [0.2, 0.25) is 5.91 Å². The molecule has 1 atom stereocenters. The summed E-state index contributed by atoms with van der Waals surface area (Å²) in [5.74, 6) is -2.05. The second-order valence-electron chi connectivity index (χ2n) is 3.63. The van der Waals surface area contributed by atoms with E-state index in [0.29, 0.717) is 4.48 Å². The van der Waals surface area contributed by atoms with Crippen LogP contribution in [0, 0.1) is 5.82 Å². The van der Waals surface area contributed by atoms with E-state index in [9.17, 15) is 14.0 Å². The van der Waals surface area contributed by atoms with Gasteiger partial charge in [-0.3, -0.25) is 9.59 Å². The highest BCUT2D eigenvalue weighted by Gasteiger charge is 2.20. The van der Waals surface area contributed by atoms with Gasteiger partial charge >= 0.3 is 0 Å².